The van der Waals surface area contributed by atoms with Crippen LogP contribution in [0.5, 0.6) is 0 Å². The Balaban J connectivity index is 1.58. The molecule has 0 aliphatic heterocycles. The van der Waals surface area contributed by atoms with E-state index in [2.05, 4.69) is 12.2 Å². The van der Waals surface area contributed by atoms with E-state index in [1.165, 1.54) is 38.5 Å². The third-order valence-electron chi connectivity index (χ3n) is 4.86. The van der Waals surface area contributed by atoms with Gasteiger partial charge >= 0.3 is 0 Å². The minimum absolute atomic E-state index is 0.474. The quantitative estimate of drug-likeness (QED) is 0.692. The molecule has 0 N–H and O–H groups in total. The van der Waals surface area contributed by atoms with Crippen LogP contribution in [0.15, 0.2) is 12.2 Å². The number of hydrogen-bond acceptors (Lipinski definition) is 2. The SMILES string of the molecule is CO[C@H]1CC[C@H](C=CCCC2CCC(=O)CC2)CC1. The number of hydrogen-bond donors (Lipinski definition) is 0. The molecule has 0 heterocycles. The lowest BCUT2D eigenvalue weighted by atomic mass is 9.84. The van der Waals surface area contributed by atoms with Crippen molar-refractivity contribution >= 4 is 5.78 Å². The molecule has 0 aromatic rings. The number of Topliss-reactive ketones (excluding diaryl/α,β-unsaturated/α-hetero) is 1. The molecule has 2 aliphatic rings. The van der Waals surface area contributed by atoms with Gasteiger partial charge in [0, 0.05) is 20.0 Å². The second-order valence-corrected chi connectivity index (χ2v) is 6.26. The van der Waals surface area contributed by atoms with Crippen LogP contribution in [-0.2, 0) is 9.53 Å². The van der Waals surface area contributed by atoms with Crippen molar-refractivity contribution < 1.29 is 9.53 Å². The fourth-order valence-electron chi connectivity index (χ4n) is 3.43. The molecule has 0 atom stereocenters. The van der Waals surface area contributed by atoms with Crippen molar-refractivity contribution in [2.24, 2.45) is 11.8 Å². The Morgan fingerprint density at radius 3 is 2.42 bits per heavy atom. The van der Waals surface area contributed by atoms with Gasteiger partial charge in [-0.05, 0) is 63.2 Å². The lowest BCUT2D eigenvalue weighted by molar-refractivity contribution is -0.121. The van der Waals surface area contributed by atoms with Gasteiger partial charge in [0.15, 0.2) is 0 Å². The predicted molar refractivity (Wildman–Crippen MR) is 78.1 cm³/mol. The molecule has 2 aliphatic carbocycles. The van der Waals surface area contributed by atoms with Gasteiger partial charge in [-0.25, -0.2) is 0 Å². The Bertz CT molecular complexity index is 290. The third kappa shape index (κ3) is 5.10. The normalized spacial score (nSPS) is 30.1. The third-order valence-corrected chi connectivity index (χ3v) is 4.86. The fraction of sp³-hybridized carbons (Fsp3) is 0.824. The maximum atomic E-state index is 11.2. The Morgan fingerprint density at radius 1 is 1.11 bits per heavy atom. The summed E-state index contributed by atoms with van der Waals surface area (Å²) in [5.74, 6) is 2.05. The fourth-order valence-corrected chi connectivity index (χ4v) is 3.43. The number of carbonyl (C=O) groups excluding carboxylic acids is 1. The predicted octanol–water partition coefficient (Wildman–Crippen LogP) is 4.29. The van der Waals surface area contributed by atoms with Crippen LogP contribution < -0.4 is 0 Å². The van der Waals surface area contributed by atoms with E-state index in [-0.39, 0.29) is 0 Å². The van der Waals surface area contributed by atoms with Gasteiger partial charge in [-0.1, -0.05) is 12.2 Å². The first kappa shape index (κ1) is 14.8. The number of rotatable bonds is 5. The van der Waals surface area contributed by atoms with Crippen molar-refractivity contribution in [3.8, 4) is 0 Å². The van der Waals surface area contributed by atoms with Crippen LogP contribution in [0.1, 0.15) is 64.2 Å². The number of methoxy groups -OCH3 is 1. The molecule has 2 saturated carbocycles. The van der Waals surface area contributed by atoms with Crippen LogP contribution >= 0.6 is 0 Å². The first-order chi connectivity index (χ1) is 9.28. The molecule has 0 bridgehead atoms. The summed E-state index contributed by atoms with van der Waals surface area (Å²) in [7, 11) is 1.83. The zero-order valence-corrected chi connectivity index (χ0v) is 12.3. The smallest absolute Gasteiger partial charge is 0.132 e. The zero-order valence-electron chi connectivity index (χ0n) is 12.3. The van der Waals surface area contributed by atoms with Gasteiger partial charge < -0.3 is 4.74 Å². The number of allylic oxidation sites excluding steroid dienone is 2. The van der Waals surface area contributed by atoms with Crippen molar-refractivity contribution in [2.45, 2.75) is 70.3 Å². The van der Waals surface area contributed by atoms with Crippen molar-refractivity contribution in [1.29, 1.82) is 0 Å². The van der Waals surface area contributed by atoms with Crippen LogP contribution in [0.4, 0.5) is 0 Å². The minimum atomic E-state index is 0.474. The Hall–Kier alpha value is -0.630. The number of ketones is 1. The van der Waals surface area contributed by atoms with Crippen molar-refractivity contribution in [1.82, 2.24) is 0 Å². The molecule has 0 unspecified atom stereocenters. The van der Waals surface area contributed by atoms with Gasteiger partial charge in [0.05, 0.1) is 6.10 Å². The average Bonchev–Trinajstić information content (AvgIpc) is 2.46. The van der Waals surface area contributed by atoms with Crippen molar-refractivity contribution in [3.63, 3.8) is 0 Å². The summed E-state index contributed by atoms with van der Waals surface area (Å²) in [6.45, 7) is 0. The second-order valence-electron chi connectivity index (χ2n) is 6.26. The summed E-state index contributed by atoms with van der Waals surface area (Å²) in [4.78, 5) is 11.2. The van der Waals surface area contributed by atoms with E-state index in [0.717, 1.165) is 37.5 Å². The zero-order chi connectivity index (χ0) is 13.5. The van der Waals surface area contributed by atoms with E-state index in [1.807, 2.05) is 7.11 Å². The molecule has 2 fully saturated rings. The first-order valence-electron chi connectivity index (χ1n) is 7.99. The summed E-state index contributed by atoms with van der Waals surface area (Å²) in [5, 5.41) is 0. The summed E-state index contributed by atoms with van der Waals surface area (Å²) >= 11 is 0. The highest BCUT2D eigenvalue weighted by atomic mass is 16.5. The van der Waals surface area contributed by atoms with Crippen LogP contribution in [0.2, 0.25) is 0 Å². The molecule has 0 amide bonds. The molecule has 108 valence electrons. The highest BCUT2D eigenvalue weighted by Gasteiger charge is 2.19. The Morgan fingerprint density at radius 2 is 1.79 bits per heavy atom. The highest BCUT2D eigenvalue weighted by Crippen LogP contribution is 2.28. The molecule has 0 spiro atoms. The molecule has 2 nitrogen and oxygen atoms in total. The summed E-state index contributed by atoms with van der Waals surface area (Å²) in [6.07, 6.45) is 16.7. The maximum Gasteiger partial charge on any atom is 0.132 e. The van der Waals surface area contributed by atoms with Gasteiger partial charge in [0.1, 0.15) is 5.78 Å². The van der Waals surface area contributed by atoms with Gasteiger partial charge in [-0.2, -0.15) is 0 Å². The summed E-state index contributed by atoms with van der Waals surface area (Å²) in [5.41, 5.74) is 0. The molecule has 0 aromatic carbocycles. The minimum Gasteiger partial charge on any atom is -0.381 e. The molecular formula is C17H28O2. The van der Waals surface area contributed by atoms with E-state index in [4.69, 9.17) is 4.74 Å². The molecule has 2 rings (SSSR count). The first-order valence-corrected chi connectivity index (χ1v) is 7.99. The molecule has 0 saturated heterocycles. The van der Waals surface area contributed by atoms with Crippen molar-refractivity contribution in [2.75, 3.05) is 7.11 Å². The topological polar surface area (TPSA) is 26.3 Å². The number of ether oxygens (including phenoxy) is 1. The van der Waals surface area contributed by atoms with E-state index in [1.54, 1.807) is 0 Å². The Kier molecular flexibility index (Phi) is 6.09. The van der Waals surface area contributed by atoms with Gasteiger partial charge in [-0.3, -0.25) is 4.79 Å². The van der Waals surface area contributed by atoms with Crippen LogP contribution in [0.25, 0.3) is 0 Å². The standard InChI is InChI=1S/C17H28O2/c1-19-17-12-8-15(9-13-17)5-3-2-4-14-6-10-16(18)11-7-14/h3,5,14-15,17H,2,4,6-13H2,1H3/t15-,17-. The summed E-state index contributed by atoms with van der Waals surface area (Å²) in [6, 6.07) is 0. The van der Waals surface area contributed by atoms with E-state index in [0.29, 0.717) is 11.9 Å². The van der Waals surface area contributed by atoms with Crippen molar-refractivity contribution in [3.05, 3.63) is 12.2 Å². The van der Waals surface area contributed by atoms with E-state index in [9.17, 15) is 4.79 Å². The van der Waals surface area contributed by atoms with Gasteiger partial charge in [-0.15, -0.1) is 0 Å². The monoisotopic (exact) mass is 264 g/mol. The molecular weight excluding hydrogens is 236 g/mol. The van der Waals surface area contributed by atoms with Gasteiger partial charge in [0.2, 0.25) is 0 Å². The highest BCUT2D eigenvalue weighted by molar-refractivity contribution is 5.78. The van der Waals surface area contributed by atoms with E-state index >= 15 is 0 Å². The lowest BCUT2D eigenvalue weighted by Gasteiger charge is -2.25. The number of carbonyl (C=O) groups is 1. The van der Waals surface area contributed by atoms with Crippen LogP contribution in [0.3, 0.4) is 0 Å². The molecule has 0 radical (unpaired) electrons. The Labute approximate surface area is 117 Å². The van der Waals surface area contributed by atoms with Crippen LogP contribution in [-0.4, -0.2) is 19.0 Å². The molecule has 2 heteroatoms. The second kappa shape index (κ2) is 7.84. The lowest BCUT2D eigenvalue weighted by Crippen LogP contribution is -2.19. The van der Waals surface area contributed by atoms with Crippen LogP contribution in [0, 0.1) is 11.8 Å². The molecule has 19 heavy (non-hydrogen) atoms. The molecule has 0 aromatic heterocycles. The average molecular weight is 264 g/mol. The van der Waals surface area contributed by atoms with Gasteiger partial charge in [0.25, 0.3) is 0 Å². The summed E-state index contributed by atoms with van der Waals surface area (Å²) < 4.78 is 5.40. The van der Waals surface area contributed by atoms with E-state index < -0.39 is 0 Å². The largest absolute Gasteiger partial charge is 0.381 e. The maximum absolute atomic E-state index is 11.2.